The van der Waals surface area contributed by atoms with Crippen LogP contribution in [0, 0.1) is 26.0 Å². The van der Waals surface area contributed by atoms with Crippen LogP contribution < -0.4 is 14.9 Å². The molecule has 0 radical (unpaired) electrons. The molecule has 14 heteroatoms. The molecule has 0 atom stereocenters. The lowest BCUT2D eigenvalue weighted by molar-refractivity contribution is -0.393. The third kappa shape index (κ3) is 5.20. The number of benzene rings is 2. The third-order valence-corrected chi connectivity index (χ3v) is 4.05. The van der Waals surface area contributed by atoms with E-state index in [1.807, 2.05) is 0 Å². The molecule has 2 aromatic carbocycles. The van der Waals surface area contributed by atoms with Gasteiger partial charge in [0.25, 0.3) is 11.6 Å². The number of ether oxygens (including phenoxy) is 2. The predicted octanol–water partition coefficient (Wildman–Crippen LogP) is 4.33. The number of anilines is 1. The average Bonchev–Trinajstić information content (AvgIpc) is 2.76. The monoisotopic (exact) mass is 462 g/mol. The first-order chi connectivity index (χ1) is 15.3. The molecule has 164 valence electrons. The van der Waals surface area contributed by atoms with E-state index in [1.54, 1.807) is 6.07 Å². The third-order valence-electron chi connectivity index (χ3n) is 3.86. The maximum absolute atomic E-state index is 13.9. The summed E-state index contributed by atoms with van der Waals surface area (Å²) in [6.07, 6.45) is 2.14. The van der Waals surface area contributed by atoms with Gasteiger partial charge in [-0.25, -0.2) is 4.98 Å². The molecule has 3 rings (SSSR count). The Labute approximate surface area is 183 Å². The normalized spacial score (nSPS) is 10.7. The van der Waals surface area contributed by atoms with Crippen LogP contribution in [-0.2, 0) is 0 Å². The molecule has 0 spiro atoms. The molecule has 0 aliphatic carbocycles. The molecule has 0 saturated heterocycles. The van der Waals surface area contributed by atoms with E-state index in [4.69, 9.17) is 21.1 Å². The van der Waals surface area contributed by atoms with Gasteiger partial charge in [-0.1, -0.05) is 0 Å². The predicted molar refractivity (Wildman–Crippen MR) is 111 cm³/mol. The molecule has 0 amide bonds. The summed E-state index contributed by atoms with van der Waals surface area (Å²) in [5.41, 5.74) is 1.89. The molecule has 0 unspecified atom stereocenters. The van der Waals surface area contributed by atoms with Crippen molar-refractivity contribution in [3.8, 4) is 17.4 Å². The molecule has 1 heterocycles. The summed E-state index contributed by atoms with van der Waals surface area (Å²) >= 11 is 5.66. The van der Waals surface area contributed by atoms with Crippen molar-refractivity contribution in [2.24, 2.45) is 5.10 Å². The fourth-order valence-corrected chi connectivity index (χ4v) is 2.54. The fourth-order valence-electron chi connectivity index (χ4n) is 2.42. The lowest BCUT2D eigenvalue weighted by Crippen LogP contribution is -1.99. The van der Waals surface area contributed by atoms with E-state index in [1.165, 1.54) is 25.5 Å². The SMILES string of the molecule is COc1ccc(/C=N\Nc2ccc([N+](=O)[O-])cc2[N+](=O)[O-])cc1Oc1nc(Cl)ncc1F. The number of methoxy groups -OCH3 is 1. The minimum absolute atomic E-state index is 0.0560. The number of rotatable bonds is 8. The van der Waals surface area contributed by atoms with Crippen molar-refractivity contribution in [3.63, 3.8) is 0 Å². The van der Waals surface area contributed by atoms with Crippen LogP contribution in [0.1, 0.15) is 5.56 Å². The Morgan fingerprint density at radius 3 is 2.62 bits per heavy atom. The van der Waals surface area contributed by atoms with E-state index in [0.29, 0.717) is 5.56 Å². The smallest absolute Gasteiger partial charge is 0.301 e. The Bertz CT molecular complexity index is 1220. The lowest BCUT2D eigenvalue weighted by Gasteiger charge is -2.10. The summed E-state index contributed by atoms with van der Waals surface area (Å²) in [6.45, 7) is 0. The second-order valence-electron chi connectivity index (χ2n) is 5.89. The number of nitro groups is 2. The number of hydrazone groups is 1. The molecule has 3 aromatic rings. The minimum atomic E-state index is -0.845. The topological polar surface area (TPSA) is 155 Å². The zero-order chi connectivity index (χ0) is 23.3. The van der Waals surface area contributed by atoms with Gasteiger partial charge in [-0.15, -0.1) is 0 Å². The number of nitro benzene ring substituents is 2. The van der Waals surface area contributed by atoms with Crippen molar-refractivity contribution >= 4 is 34.9 Å². The van der Waals surface area contributed by atoms with E-state index >= 15 is 0 Å². The van der Waals surface area contributed by atoms with Gasteiger partial charge in [-0.2, -0.15) is 14.5 Å². The van der Waals surface area contributed by atoms with Gasteiger partial charge in [0.2, 0.25) is 11.1 Å². The summed E-state index contributed by atoms with van der Waals surface area (Å²) in [5, 5.41) is 25.7. The highest BCUT2D eigenvalue weighted by Crippen LogP contribution is 2.33. The van der Waals surface area contributed by atoms with E-state index in [9.17, 15) is 24.6 Å². The maximum Gasteiger partial charge on any atom is 0.301 e. The van der Waals surface area contributed by atoms with Gasteiger partial charge in [0.1, 0.15) is 5.69 Å². The van der Waals surface area contributed by atoms with Gasteiger partial charge in [0.15, 0.2) is 11.5 Å². The highest BCUT2D eigenvalue weighted by atomic mass is 35.5. The van der Waals surface area contributed by atoms with Crippen molar-refractivity contribution < 1.29 is 23.7 Å². The number of hydrogen-bond acceptors (Lipinski definition) is 10. The quantitative estimate of drug-likeness (QED) is 0.223. The molecule has 0 bridgehead atoms. The van der Waals surface area contributed by atoms with Crippen LogP contribution in [0.25, 0.3) is 0 Å². The van der Waals surface area contributed by atoms with Crippen molar-refractivity contribution in [1.29, 1.82) is 0 Å². The van der Waals surface area contributed by atoms with Crippen LogP contribution in [0.15, 0.2) is 47.7 Å². The number of aromatic nitrogens is 2. The number of halogens is 2. The molecule has 12 nitrogen and oxygen atoms in total. The zero-order valence-electron chi connectivity index (χ0n) is 16.1. The van der Waals surface area contributed by atoms with Gasteiger partial charge in [0.05, 0.1) is 35.4 Å². The Morgan fingerprint density at radius 1 is 1.16 bits per heavy atom. The molecule has 0 aliphatic rings. The minimum Gasteiger partial charge on any atom is -0.493 e. The number of non-ortho nitro benzene ring substituents is 1. The summed E-state index contributed by atoms with van der Waals surface area (Å²) in [6, 6.07) is 7.64. The zero-order valence-corrected chi connectivity index (χ0v) is 16.8. The molecule has 0 aliphatic heterocycles. The van der Waals surface area contributed by atoms with Gasteiger partial charge >= 0.3 is 5.69 Å². The average molecular weight is 463 g/mol. The number of hydrogen-bond donors (Lipinski definition) is 1. The van der Waals surface area contributed by atoms with Crippen molar-refractivity contribution in [2.45, 2.75) is 0 Å². The largest absolute Gasteiger partial charge is 0.493 e. The Morgan fingerprint density at radius 2 is 1.94 bits per heavy atom. The first kappa shape index (κ1) is 22.3. The van der Waals surface area contributed by atoms with Crippen LogP contribution >= 0.6 is 11.6 Å². The summed E-state index contributed by atoms with van der Waals surface area (Å²) < 4.78 is 24.5. The molecule has 1 N–H and O–H groups in total. The summed E-state index contributed by atoms with van der Waals surface area (Å²) in [7, 11) is 1.38. The summed E-state index contributed by atoms with van der Waals surface area (Å²) in [4.78, 5) is 27.6. The van der Waals surface area contributed by atoms with E-state index < -0.39 is 32.9 Å². The maximum atomic E-state index is 13.9. The first-order valence-corrected chi connectivity index (χ1v) is 8.92. The molecular formula is C18H12ClFN6O6. The van der Waals surface area contributed by atoms with Crippen LogP contribution in [0.2, 0.25) is 5.28 Å². The standard InChI is InChI=1S/C18H12ClFN6O6/c1-31-15-5-2-10(6-16(15)32-17-12(20)9-21-18(19)23-17)8-22-24-13-4-3-11(25(27)28)7-14(13)26(29)30/h2-9,24H,1H3/b22-8-. The van der Waals surface area contributed by atoms with Gasteiger partial charge in [-0.05, 0) is 41.4 Å². The number of nitrogens with one attached hydrogen (secondary N) is 1. The lowest BCUT2D eigenvalue weighted by atomic mass is 10.2. The van der Waals surface area contributed by atoms with Crippen molar-refractivity contribution in [1.82, 2.24) is 9.97 Å². The second-order valence-corrected chi connectivity index (χ2v) is 6.23. The molecule has 1 aromatic heterocycles. The number of nitrogens with zero attached hydrogens (tertiary/aromatic N) is 5. The Balaban J connectivity index is 1.84. The van der Waals surface area contributed by atoms with Crippen LogP contribution in [0.5, 0.6) is 17.4 Å². The highest BCUT2D eigenvalue weighted by molar-refractivity contribution is 6.28. The van der Waals surface area contributed by atoms with Crippen molar-refractivity contribution in [2.75, 3.05) is 12.5 Å². The Hall–Kier alpha value is -4.39. The summed E-state index contributed by atoms with van der Waals surface area (Å²) in [5.74, 6) is -0.915. The van der Waals surface area contributed by atoms with Crippen LogP contribution in [0.4, 0.5) is 21.5 Å². The fraction of sp³-hybridized carbons (Fsp3) is 0.0556. The van der Waals surface area contributed by atoms with Crippen LogP contribution in [0.3, 0.4) is 0 Å². The van der Waals surface area contributed by atoms with Gasteiger partial charge < -0.3 is 9.47 Å². The van der Waals surface area contributed by atoms with E-state index in [2.05, 4.69) is 20.5 Å². The Kier molecular flexibility index (Phi) is 6.70. The molecular weight excluding hydrogens is 451 g/mol. The first-order valence-electron chi connectivity index (χ1n) is 8.54. The van der Waals surface area contributed by atoms with Crippen molar-refractivity contribution in [3.05, 3.63) is 79.5 Å². The molecule has 0 saturated carbocycles. The highest BCUT2D eigenvalue weighted by Gasteiger charge is 2.19. The van der Waals surface area contributed by atoms with E-state index in [-0.39, 0.29) is 22.5 Å². The van der Waals surface area contributed by atoms with E-state index in [0.717, 1.165) is 24.4 Å². The van der Waals surface area contributed by atoms with Crippen LogP contribution in [-0.4, -0.2) is 33.1 Å². The van der Waals surface area contributed by atoms with Gasteiger partial charge in [-0.3, -0.25) is 25.7 Å². The molecule has 32 heavy (non-hydrogen) atoms. The second kappa shape index (κ2) is 9.61. The molecule has 0 fully saturated rings. The van der Waals surface area contributed by atoms with Gasteiger partial charge in [0, 0.05) is 6.07 Å².